The Bertz CT molecular complexity index is 453. The molecular formula is C10H7ClN2OS. The molecule has 1 amide bonds. The molecule has 15 heavy (non-hydrogen) atoms. The summed E-state index contributed by atoms with van der Waals surface area (Å²) in [4.78, 5) is 15.6. The average Bonchev–Trinajstić information content (AvgIpc) is 2.71. The summed E-state index contributed by atoms with van der Waals surface area (Å²) in [5, 5.41) is 5.69. The van der Waals surface area contributed by atoms with Crippen molar-refractivity contribution in [2.24, 2.45) is 0 Å². The van der Waals surface area contributed by atoms with Crippen molar-refractivity contribution in [2.45, 2.75) is 0 Å². The van der Waals surface area contributed by atoms with E-state index in [1.165, 1.54) is 11.3 Å². The number of amides is 1. The van der Waals surface area contributed by atoms with E-state index in [0.29, 0.717) is 15.7 Å². The highest BCUT2D eigenvalue weighted by Crippen LogP contribution is 2.14. The van der Waals surface area contributed by atoms with Crippen LogP contribution in [0.1, 0.15) is 10.4 Å². The van der Waals surface area contributed by atoms with E-state index in [1.807, 2.05) is 0 Å². The van der Waals surface area contributed by atoms with Crippen LogP contribution in [0.15, 0.2) is 35.8 Å². The van der Waals surface area contributed by atoms with Gasteiger partial charge in [0.05, 0.1) is 0 Å². The highest BCUT2D eigenvalue weighted by Gasteiger charge is 2.06. The van der Waals surface area contributed by atoms with Crippen LogP contribution < -0.4 is 5.32 Å². The molecule has 0 aliphatic heterocycles. The lowest BCUT2D eigenvalue weighted by atomic mass is 10.2. The van der Waals surface area contributed by atoms with Crippen LogP contribution in [0.3, 0.4) is 0 Å². The topological polar surface area (TPSA) is 42.0 Å². The van der Waals surface area contributed by atoms with Crippen molar-refractivity contribution in [3.63, 3.8) is 0 Å². The summed E-state index contributed by atoms with van der Waals surface area (Å²) in [6.45, 7) is 0. The van der Waals surface area contributed by atoms with Crippen molar-refractivity contribution in [3.8, 4) is 0 Å². The number of nitrogens with zero attached hydrogens (tertiary/aromatic N) is 1. The van der Waals surface area contributed by atoms with Gasteiger partial charge in [0.15, 0.2) is 5.13 Å². The third-order valence-electron chi connectivity index (χ3n) is 1.76. The number of carbonyl (C=O) groups is 1. The molecule has 0 atom stereocenters. The van der Waals surface area contributed by atoms with Gasteiger partial charge in [-0.05, 0) is 24.3 Å². The number of halogens is 1. The van der Waals surface area contributed by atoms with Gasteiger partial charge in [0.1, 0.15) is 0 Å². The molecular weight excluding hydrogens is 232 g/mol. The van der Waals surface area contributed by atoms with E-state index in [0.717, 1.165) is 0 Å². The molecule has 0 spiro atoms. The first-order chi connectivity index (χ1) is 7.25. The molecule has 1 N–H and O–H groups in total. The number of aromatic nitrogens is 1. The number of nitrogens with one attached hydrogen (secondary N) is 1. The lowest BCUT2D eigenvalue weighted by Gasteiger charge is -2.00. The number of carbonyl (C=O) groups excluding carboxylic acids is 1. The minimum atomic E-state index is -0.179. The molecule has 0 fully saturated rings. The predicted octanol–water partition coefficient (Wildman–Crippen LogP) is 3.05. The zero-order chi connectivity index (χ0) is 10.7. The summed E-state index contributed by atoms with van der Waals surface area (Å²) in [6, 6.07) is 6.70. The van der Waals surface area contributed by atoms with Crippen LogP contribution in [-0.2, 0) is 0 Å². The number of hydrogen-bond donors (Lipinski definition) is 1. The molecule has 1 heterocycles. The first kappa shape index (κ1) is 10.1. The molecule has 2 aromatic rings. The Kier molecular flexibility index (Phi) is 2.99. The molecule has 1 aromatic carbocycles. The van der Waals surface area contributed by atoms with Gasteiger partial charge in [-0.15, -0.1) is 11.3 Å². The summed E-state index contributed by atoms with van der Waals surface area (Å²) >= 11 is 7.10. The smallest absolute Gasteiger partial charge is 0.257 e. The predicted molar refractivity (Wildman–Crippen MR) is 61.5 cm³/mol. The summed E-state index contributed by atoms with van der Waals surface area (Å²) in [5.74, 6) is -0.179. The quantitative estimate of drug-likeness (QED) is 0.874. The lowest BCUT2D eigenvalue weighted by Crippen LogP contribution is -2.11. The van der Waals surface area contributed by atoms with Gasteiger partial charge in [0.2, 0.25) is 0 Å². The molecule has 1 aromatic heterocycles. The van der Waals surface area contributed by atoms with E-state index in [9.17, 15) is 4.79 Å². The number of hydrogen-bond acceptors (Lipinski definition) is 3. The Morgan fingerprint density at radius 3 is 2.67 bits per heavy atom. The monoisotopic (exact) mass is 238 g/mol. The van der Waals surface area contributed by atoms with Gasteiger partial charge in [0, 0.05) is 22.2 Å². The Hall–Kier alpha value is -1.39. The fourth-order valence-electron chi connectivity index (χ4n) is 1.06. The van der Waals surface area contributed by atoms with Crippen LogP contribution in [-0.4, -0.2) is 10.9 Å². The summed E-state index contributed by atoms with van der Waals surface area (Å²) < 4.78 is 0. The maximum absolute atomic E-state index is 11.6. The lowest BCUT2D eigenvalue weighted by molar-refractivity contribution is 0.102. The van der Waals surface area contributed by atoms with Crippen molar-refractivity contribution in [3.05, 3.63) is 46.4 Å². The SMILES string of the molecule is O=C(Nc1nccs1)c1ccc(Cl)cc1. The van der Waals surface area contributed by atoms with Gasteiger partial charge in [-0.2, -0.15) is 0 Å². The highest BCUT2D eigenvalue weighted by molar-refractivity contribution is 7.13. The molecule has 3 nitrogen and oxygen atoms in total. The largest absolute Gasteiger partial charge is 0.298 e. The number of rotatable bonds is 2. The first-order valence-corrected chi connectivity index (χ1v) is 5.48. The van der Waals surface area contributed by atoms with Gasteiger partial charge in [-0.3, -0.25) is 10.1 Å². The van der Waals surface area contributed by atoms with Crippen molar-refractivity contribution in [2.75, 3.05) is 5.32 Å². The highest BCUT2D eigenvalue weighted by atomic mass is 35.5. The van der Waals surface area contributed by atoms with Gasteiger partial charge in [-0.1, -0.05) is 11.6 Å². The Morgan fingerprint density at radius 1 is 1.33 bits per heavy atom. The Morgan fingerprint density at radius 2 is 2.07 bits per heavy atom. The number of thiazole rings is 1. The average molecular weight is 239 g/mol. The number of benzene rings is 1. The van der Waals surface area contributed by atoms with Gasteiger partial charge in [0.25, 0.3) is 5.91 Å². The van der Waals surface area contributed by atoms with Gasteiger partial charge < -0.3 is 0 Å². The normalized spacial score (nSPS) is 9.93. The number of anilines is 1. The van der Waals surface area contributed by atoms with E-state index < -0.39 is 0 Å². The minimum absolute atomic E-state index is 0.179. The van der Waals surface area contributed by atoms with Crippen LogP contribution >= 0.6 is 22.9 Å². The van der Waals surface area contributed by atoms with Crippen LogP contribution in [0.2, 0.25) is 5.02 Å². The zero-order valence-electron chi connectivity index (χ0n) is 7.61. The molecule has 0 radical (unpaired) electrons. The molecule has 5 heteroatoms. The van der Waals surface area contributed by atoms with Crippen molar-refractivity contribution < 1.29 is 4.79 Å². The van der Waals surface area contributed by atoms with Crippen molar-refractivity contribution in [1.82, 2.24) is 4.98 Å². The molecule has 0 saturated heterocycles. The van der Waals surface area contributed by atoms with Crippen LogP contribution in [0, 0.1) is 0 Å². The van der Waals surface area contributed by atoms with Gasteiger partial charge in [-0.25, -0.2) is 4.98 Å². The van der Waals surface area contributed by atoms with E-state index in [4.69, 9.17) is 11.6 Å². The third-order valence-corrected chi connectivity index (χ3v) is 2.70. The summed E-state index contributed by atoms with van der Waals surface area (Å²) in [7, 11) is 0. The summed E-state index contributed by atoms with van der Waals surface area (Å²) in [6.07, 6.45) is 1.64. The van der Waals surface area contributed by atoms with Crippen LogP contribution in [0.4, 0.5) is 5.13 Å². The van der Waals surface area contributed by atoms with Crippen molar-refractivity contribution in [1.29, 1.82) is 0 Å². The Balaban J connectivity index is 2.11. The van der Waals surface area contributed by atoms with Crippen molar-refractivity contribution >= 4 is 34.0 Å². The fourth-order valence-corrected chi connectivity index (χ4v) is 1.71. The molecule has 0 aliphatic carbocycles. The second-order valence-electron chi connectivity index (χ2n) is 2.80. The maximum Gasteiger partial charge on any atom is 0.257 e. The van der Waals surface area contributed by atoms with E-state index in [1.54, 1.807) is 35.8 Å². The minimum Gasteiger partial charge on any atom is -0.298 e. The van der Waals surface area contributed by atoms with E-state index >= 15 is 0 Å². The zero-order valence-corrected chi connectivity index (χ0v) is 9.18. The Labute approximate surface area is 95.7 Å². The molecule has 0 unspecified atom stereocenters. The van der Waals surface area contributed by atoms with Crippen LogP contribution in [0.5, 0.6) is 0 Å². The molecule has 0 bridgehead atoms. The standard InChI is InChI=1S/C10H7ClN2OS/c11-8-3-1-7(2-4-8)9(14)13-10-12-5-6-15-10/h1-6H,(H,12,13,14). The molecule has 76 valence electrons. The van der Waals surface area contributed by atoms with Crippen LogP contribution in [0.25, 0.3) is 0 Å². The van der Waals surface area contributed by atoms with E-state index in [2.05, 4.69) is 10.3 Å². The second kappa shape index (κ2) is 4.42. The van der Waals surface area contributed by atoms with Gasteiger partial charge >= 0.3 is 0 Å². The third kappa shape index (κ3) is 2.55. The van der Waals surface area contributed by atoms with E-state index in [-0.39, 0.29) is 5.91 Å². The molecule has 0 saturated carbocycles. The first-order valence-electron chi connectivity index (χ1n) is 4.22. The summed E-state index contributed by atoms with van der Waals surface area (Å²) in [5.41, 5.74) is 0.564. The maximum atomic E-state index is 11.6. The molecule has 2 rings (SSSR count). The molecule has 0 aliphatic rings. The fraction of sp³-hybridized carbons (Fsp3) is 0. The second-order valence-corrected chi connectivity index (χ2v) is 4.13.